The predicted octanol–water partition coefficient (Wildman–Crippen LogP) is 1.75. The molecule has 3 aliphatic rings. The maximum absolute atomic E-state index is 13.8. The Balaban J connectivity index is 0.968. The molecule has 3 N–H and O–H groups in total. The molecular formula is C34H45N5O9S2. The van der Waals surface area contributed by atoms with Crippen molar-refractivity contribution in [2.75, 3.05) is 71.1 Å². The fourth-order valence-electron chi connectivity index (χ4n) is 6.46. The van der Waals surface area contributed by atoms with Crippen LogP contribution in [0.3, 0.4) is 0 Å². The first-order chi connectivity index (χ1) is 24.1. The number of ether oxygens (including phenoxy) is 4. The molecule has 2 aromatic carbocycles. The van der Waals surface area contributed by atoms with Gasteiger partial charge in [-0.3, -0.25) is 0 Å². The van der Waals surface area contributed by atoms with Gasteiger partial charge in [0.25, 0.3) is 0 Å². The molecule has 1 unspecified atom stereocenters. The SMILES string of the molecule is CNS(=O)(=O)c1cccc(OCC(O)CN[C@H]2COC3(CCN(S(=O)(=O)c4cnc5c(c4)N(CCOCc4ccccc4)CCO5)CC3)C2)c1. The molecule has 1 spiro atoms. The molecule has 14 nitrogen and oxygen atoms in total. The van der Waals surface area contributed by atoms with E-state index in [-0.39, 0.29) is 29.0 Å². The maximum atomic E-state index is 13.8. The summed E-state index contributed by atoms with van der Waals surface area (Å²) in [5.41, 5.74) is 1.29. The second-order valence-corrected chi connectivity index (χ2v) is 16.5. The Morgan fingerprint density at radius 1 is 1.04 bits per heavy atom. The van der Waals surface area contributed by atoms with E-state index in [4.69, 9.17) is 18.9 Å². The fraction of sp³-hybridized carbons (Fsp3) is 0.500. The number of aliphatic hydroxyl groups is 1. The van der Waals surface area contributed by atoms with Crippen molar-refractivity contribution in [3.63, 3.8) is 0 Å². The van der Waals surface area contributed by atoms with Crippen LogP contribution >= 0.6 is 0 Å². The third kappa shape index (κ3) is 8.74. The highest BCUT2D eigenvalue weighted by atomic mass is 32.2. The van der Waals surface area contributed by atoms with Gasteiger partial charge in [-0.15, -0.1) is 0 Å². The molecule has 272 valence electrons. The first-order valence-corrected chi connectivity index (χ1v) is 19.7. The maximum Gasteiger partial charge on any atom is 0.244 e. The van der Waals surface area contributed by atoms with Crippen molar-refractivity contribution in [2.45, 2.75) is 53.4 Å². The summed E-state index contributed by atoms with van der Waals surface area (Å²) < 4.78 is 78.9. The molecule has 6 rings (SSSR count). The van der Waals surface area contributed by atoms with Crippen LogP contribution in [0.2, 0.25) is 0 Å². The van der Waals surface area contributed by atoms with E-state index in [0.717, 1.165) is 5.56 Å². The lowest BCUT2D eigenvalue weighted by Gasteiger charge is -2.38. The zero-order chi connectivity index (χ0) is 35.2. The minimum atomic E-state index is -3.80. The van der Waals surface area contributed by atoms with E-state index >= 15 is 0 Å². The van der Waals surface area contributed by atoms with Crippen LogP contribution in [0.15, 0.2) is 76.7 Å². The number of hydrogen-bond acceptors (Lipinski definition) is 12. The number of hydrogen-bond donors (Lipinski definition) is 3. The minimum absolute atomic E-state index is 0.00981. The van der Waals surface area contributed by atoms with Gasteiger partial charge in [0.1, 0.15) is 35.7 Å². The highest BCUT2D eigenvalue weighted by Crippen LogP contribution is 2.38. The standard InChI is InChI=1S/C34H45N5O9S2/c1-35-49(41,42)30-9-5-8-29(18-30)47-25-28(40)21-36-27-20-34(48-24-27)10-12-39(13-11-34)50(43,44)31-19-32-33(37-22-31)46-17-15-38(32)14-16-45-23-26-6-3-2-4-7-26/h2-9,18-19,22,27-28,35-36,40H,10-17,20-21,23-25H2,1H3/t27-,28?/m1/s1. The smallest absolute Gasteiger partial charge is 0.244 e. The van der Waals surface area contributed by atoms with Crippen LogP contribution in [0.25, 0.3) is 0 Å². The van der Waals surface area contributed by atoms with Crippen molar-refractivity contribution in [3.8, 4) is 11.6 Å². The van der Waals surface area contributed by atoms with Gasteiger partial charge in [0.2, 0.25) is 25.9 Å². The Morgan fingerprint density at radius 3 is 2.62 bits per heavy atom. The molecule has 4 heterocycles. The normalized spacial score (nSPS) is 20.0. The van der Waals surface area contributed by atoms with Crippen molar-refractivity contribution in [1.29, 1.82) is 0 Å². The third-order valence-corrected chi connectivity index (χ3v) is 12.6. The summed E-state index contributed by atoms with van der Waals surface area (Å²) in [5.74, 6) is 0.755. The first-order valence-electron chi connectivity index (χ1n) is 16.8. The van der Waals surface area contributed by atoms with E-state index in [0.29, 0.717) is 89.2 Å². The first kappa shape index (κ1) is 36.4. The van der Waals surface area contributed by atoms with Crippen molar-refractivity contribution in [1.82, 2.24) is 19.3 Å². The Labute approximate surface area is 293 Å². The van der Waals surface area contributed by atoms with Crippen LogP contribution in [0.1, 0.15) is 24.8 Å². The summed E-state index contributed by atoms with van der Waals surface area (Å²) in [5, 5.41) is 13.8. The molecular weight excluding hydrogens is 687 g/mol. The van der Waals surface area contributed by atoms with Gasteiger partial charge in [-0.2, -0.15) is 4.31 Å². The lowest BCUT2D eigenvalue weighted by Crippen LogP contribution is -2.47. The number of piperidine rings is 1. The molecule has 0 bridgehead atoms. The number of benzene rings is 2. The number of nitrogens with one attached hydrogen (secondary N) is 2. The molecule has 2 saturated heterocycles. The number of nitrogens with zero attached hydrogens (tertiary/aromatic N) is 3. The largest absolute Gasteiger partial charge is 0.491 e. The number of sulfonamides is 2. The van der Waals surface area contributed by atoms with E-state index in [1.54, 1.807) is 18.2 Å². The molecule has 0 aliphatic carbocycles. The Hall–Kier alpha value is -3.35. The molecule has 3 aliphatic heterocycles. The van der Waals surface area contributed by atoms with Crippen LogP contribution in [0, 0.1) is 0 Å². The molecule has 2 atom stereocenters. The topological polar surface area (TPSA) is 169 Å². The van der Waals surface area contributed by atoms with E-state index in [9.17, 15) is 21.9 Å². The Kier molecular flexibility index (Phi) is 11.6. The van der Waals surface area contributed by atoms with Crippen molar-refractivity contribution in [3.05, 3.63) is 72.4 Å². The number of rotatable bonds is 15. The summed E-state index contributed by atoms with van der Waals surface area (Å²) in [4.78, 5) is 6.63. The van der Waals surface area contributed by atoms with Crippen LogP contribution in [0.5, 0.6) is 11.6 Å². The average Bonchev–Trinajstić information content (AvgIpc) is 3.53. The summed E-state index contributed by atoms with van der Waals surface area (Å²) in [6.07, 6.45) is 2.33. The molecule has 0 saturated carbocycles. The second-order valence-electron chi connectivity index (χ2n) is 12.7. The van der Waals surface area contributed by atoms with Gasteiger partial charge in [0, 0.05) is 38.3 Å². The second kappa shape index (κ2) is 15.9. The average molecular weight is 732 g/mol. The van der Waals surface area contributed by atoms with Gasteiger partial charge in [0.15, 0.2) is 0 Å². The summed E-state index contributed by atoms with van der Waals surface area (Å²) in [6.45, 7) is 3.93. The molecule has 3 aromatic rings. The molecule has 0 amide bonds. The zero-order valence-corrected chi connectivity index (χ0v) is 29.7. The van der Waals surface area contributed by atoms with Crippen molar-refractivity contribution < 1.29 is 40.9 Å². The number of anilines is 1. The molecule has 16 heteroatoms. The van der Waals surface area contributed by atoms with Gasteiger partial charge < -0.3 is 34.3 Å². The van der Waals surface area contributed by atoms with E-state index in [1.807, 2.05) is 30.3 Å². The Bertz CT molecular complexity index is 1810. The predicted molar refractivity (Wildman–Crippen MR) is 185 cm³/mol. The zero-order valence-electron chi connectivity index (χ0n) is 28.1. The number of aromatic nitrogens is 1. The molecule has 2 fully saturated rings. The van der Waals surface area contributed by atoms with Crippen molar-refractivity contribution in [2.24, 2.45) is 0 Å². The highest BCUT2D eigenvalue weighted by molar-refractivity contribution is 7.89. The number of aliphatic hydroxyl groups excluding tert-OH is 1. The lowest BCUT2D eigenvalue weighted by molar-refractivity contribution is -0.0312. The van der Waals surface area contributed by atoms with Crippen LogP contribution in [-0.4, -0.2) is 115 Å². The highest BCUT2D eigenvalue weighted by Gasteiger charge is 2.45. The quantitative estimate of drug-likeness (QED) is 0.194. The summed E-state index contributed by atoms with van der Waals surface area (Å²) in [7, 11) is -6.07. The minimum Gasteiger partial charge on any atom is -0.491 e. The van der Waals surface area contributed by atoms with E-state index in [1.165, 1.54) is 29.7 Å². The third-order valence-electron chi connectivity index (χ3n) is 9.31. The summed E-state index contributed by atoms with van der Waals surface area (Å²) in [6, 6.07) is 17.7. The number of pyridine rings is 1. The monoisotopic (exact) mass is 731 g/mol. The number of fused-ring (bicyclic) bond motifs is 1. The van der Waals surface area contributed by atoms with Crippen molar-refractivity contribution >= 4 is 25.7 Å². The van der Waals surface area contributed by atoms with Gasteiger partial charge in [-0.25, -0.2) is 26.5 Å². The van der Waals surface area contributed by atoms with Gasteiger partial charge in [-0.1, -0.05) is 36.4 Å². The molecule has 1 aromatic heterocycles. The van der Waals surface area contributed by atoms with Gasteiger partial charge in [-0.05, 0) is 50.1 Å². The lowest BCUT2D eigenvalue weighted by atomic mass is 9.88. The van der Waals surface area contributed by atoms with Crippen LogP contribution in [-0.2, 0) is 36.1 Å². The van der Waals surface area contributed by atoms with Crippen LogP contribution in [0.4, 0.5) is 5.69 Å². The molecule has 0 radical (unpaired) electrons. The van der Waals surface area contributed by atoms with Gasteiger partial charge >= 0.3 is 0 Å². The molecule has 50 heavy (non-hydrogen) atoms. The fourth-order valence-corrected chi connectivity index (χ4v) is 8.63. The van der Waals surface area contributed by atoms with E-state index < -0.39 is 31.8 Å². The van der Waals surface area contributed by atoms with E-state index in [2.05, 4.69) is 19.9 Å². The summed E-state index contributed by atoms with van der Waals surface area (Å²) >= 11 is 0. The van der Waals surface area contributed by atoms with Crippen LogP contribution < -0.4 is 24.4 Å². The van der Waals surface area contributed by atoms with Gasteiger partial charge in [0.05, 0.1) is 43.1 Å². The Morgan fingerprint density at radius 2 is 1.84 bits per heavy atom.